The number of pyridine rings is 1. The molecule has 2 aromatic rings. The SMILES string of the molecule is CC1(Cn2c(CCl)nc3cc(Cl)cnc32)CCCO1. The van der Waals surface area contributed by atoms with E-state index in [9.17, 15) is 0 Å². The van der Waals surface area contributed by atoms with Crippen LogP contribution in [0, 0.1) is 0 Å². The maximum Gasteiger partial charge on any atom is 0.160 e. The zero-order valence-electron chi connectivity index (χ0n) is 10.7. The molecule has 0 aliphatic carbocycles. The van der Waals surface area contributed by atoms with E-state index < -0.39 is 0 Å². The van der Waals surface area contributed by atoms with Crippen LogP contribution in [0.15, 0.2) is 12.3 Å². The molecular formula is C13H15Cl2N3O. The average molecular weight is 300 g/mol. The number of imidazole rings is 1. The lowest BCUT2D eigenvalue weighted by atomic mass is 10.0. The van der Waals surface area contributed by atoms with Gasteiger partial charge in [0, 0.05) is 12.8 Å². The highest BCUT2D eigenvalue weighted by atomic mass is 35.5. The fraction of sp³-hybridized carbons (Fsp3) is 0.538. The van der Waals surface area contributed by atoms with Crippen molar-refractivity contribution in [2.45, 2.75) is 37.8 Å². The number of aromatic nitrogens is 3. The highest BCUT2D eigenvalue weighted by Gasteiger charge is 2.31. The van der Waals surface area contributed by atoms with Gasteiger partial charge in [0.05, 0.1) is 23.0 Å². The molecule has 19 heavy (non-hydrogen) atoms. The van der Waals surface area contributed by atoms with E-state index in [-0.39, 0.29) is 5.60 Å². The molecule has 0 aromatic carbocycles. The first-order chi connectivity index (χ1) is 9.11. The molecule has 3 heterocycles. The summed E-state index contributed by atoms with van der Waals surface area (Å²) in [5.41, 5.74) is 1.44. The Morgan fingerprint density at radius 1 is 1.53 bits per heavy atom. The molecule has 0 N–H and O–H groups in total. The Hall–Kier alpha value is -0.840. The van der Waals surface area contributed by atoms with Gasteiger partial charge in [-0.1, -0.05) is 11.6 Å². The molecule has 0 spiro atoms. The molecule has 4 nitrogen and oxygen atoms in total. The van der Waals surface area contributed by atoms with E-state index in [4.69, 9.17) is 27.9 Å². The summed E-state index contributed by atoms with van der Waals surface area (Å²) < 4.78 is 7.89. The first-order valence-electron chi connectivity index (χ1n) is 6.32. The van der Waals surface area contributed by atoms with Crippen LogP contribution in [0.1, 0.15) is 25.6 Å². The zero-order chi connectivity index (χ0) is 13.5. The Morgan fingerprint density at radius 3 is 3.05 bits per heavy atom. The van der Waals surface area contributed by atoms with Crippen LogP contribution in [0.4, 0.5) is 0 Å². The van der Waals surface area contributed by atoms with E-state index in [1.165, 1.54) is 0 Å². The predicted molar refractivity (Wildman–Crippen MR) is 75.7 cm³/mol. The van der Waals surface area contributed by atoms with Gasteiger partial charge in [0.1, 0.15) is 11.3 Å². The van der Waals surface area contributed by atoms with Gasteiger partial charge in [-0.2, -0.15) is 0 Å². The maximum atomic E-state index is 5.99. The number of hydrogen-bond acceptors (Lipinski definition) is 3. The second-order valence-electron chi connectivity index (χ2n) is 5.15. The molecular weight excluding hydrogens is 285 g/mol. The van der Waals surface area contributed by atoms with E-state index >= 15 is 0 Å². The molecule has 3 rings (SSSR count). The molecule has 2 aromatic heterocycles. The third kappa shape index (κ3) is 2.45. The quantitative estimate of drug-likeness (QED) is 0.816. The molecule has 102 valence electrons. The number of nitrogens with zero attached hydrogens (tertiary/aromatic N) is 3. The molecule has 1 atom stereocenters. The molecule has 0 saturated carbocycles. The normalized spacial score (nSPS) is 23.3. The van der Waals surface area contributed by atoms with E-state index in [0.717, 1.165) is 43.0 Å². The van der Waals surface area contributed by atoms with Crippen LogP contribution >= 0.6 is 23.2 Å². The van der Waals surface area contributed by atoms with Crippen molar-refractivity contribution in [3.05, 3.63) is 23.1 Å². The van der Waals surface area contributed by atoms with Gasteiger partial charge in [-0.3, -0.25) is 0 Å². The third-order valence-electron chi connectivity index (χ3n) is 3.54. The number of rotatable bonds is 3. The molecule has 6 heteroatoms. The van der Waals surface area contributed by atoms with Gasteiger partial charge < -0.3 is 9.30 Å². The van der Waals surface area contributed by atoms with Gasteiger partial charge in [0.2, 0.25) is 0 Å². The maximum absolute atomic E-state index is 5.99. The minimum Gasteiger partial charge on any atom is -0.373 e. The molecule has 1 aliphatic rings. The number of alkyl halides is 1. The fourth-order valence-corrected chi connectivity index (χ4v) is 2.95. The van der Waals surface area contributed by atoms with Gasteiger partial charge in [-0.15, -0.1) is 11.6 Å². The van der Waals surface area contributed by atoms with Crippen LogP contribution in [-0.2, 0) is 17.2 Å². The van der Waals surface area contributed by atoms with Gasteiger partial charge in [-0.05, 0) is 25.8 Å². The lowest BCUT2D eigenvalue weighted by Crippen LogP contribution is -2.30. The first kappa shape index (κ1) is 13.2. The minimum absolute atomic E-state index is 0.157. The van der Waals surface area contributed by atoms with Gasteiger partial charge in [-0.25, -0.2) is 9.97 Å². The van der Waals surface area contributed by atoms with E-state index in [1.54, 1.807) is 6.20 Å². The van der Waals surface area contributed by atoms with Crippen LogP contribution in [0.2, 0.25) is 5.02 Å². The van der Waals surface area contributed by atoms with Gasteiger partial charge in [0.25, 0.3) is 0 Å². The number of fused-ring (bicyclic) bond motifs is 1. The van der Waals surface area contributed by atoms with Gasteiger partial charge in [0.15, 0.2) is 5.65 Å². The van der Waals surface area contributed by atoms with Crippen molar-refractivity contribution in [1.29, 1.82) is 0 Å². The molecule has 0 radical (unpaired) electrons. The van der Waals surface area contributed by atoms with Crippen LogP contribution in [0.5, 0.6) is 0 Å². The van der Waals surface area contributed by atoms with Crippen molar-refractivity contribution < 1.29 is 4.74 Å². The van der Waals surface area contributed by atoms with Crippen LogP contribution in [0.3, 0.4) is 0 Å². The van der Waals surface area contributed by atoms with Crippen molar-refractivity contribution in [2.24, 2.45) is 0 Å². The van der Waals surface area contributed by atoms with E-state index in [1.807, 2.05) is 10.6 Å². The third-order valence-corrected chi connectivity index (χ3v) is 3.99. The summed E-state index contributed by atoms with van der Waals surface area (Å²) in [5, 5.41) is 0.585. The van der Waals surface area contributed by atoms with Crippen molar-refractivity contribution >= 4 is 34.4 Å². The Balaban J connectivity index is 2.05. The summed E-state index contributed by atoms with van der Waals surface area (Å²) in [4.78, 5) is 8.87. The summed E-state index contributed by atoms with van der Waals surface area (Å²) in [5.74, 6) is 1.16. The number of hydrogen-bond donors (Lipinski definition) is 0. The molecule has 0 bridgehead atoms. The largest absolute Gasteiger partial charge is 0.373 e. The van der Waals surface area contributed by atoms with Gasteiger partial charge >= 0.3 is 0 Å². The van der Waals surface area contributed by atoms with Crippen LogP contribution < -0.4 is 0 Å². The second-order valence-corrected chi connectivity index (χ2v) is 5.85. The van der Waals surface area contributed by atoms with Crippen molar-refractivity contribution in [2.75, 3.05) is 6.61 Å². The fourth-order valence-electron chi connectivity index (χ4n) is 2.60. The van der Waals surface area contributed by atoms with Crippen LogP contribution in [0.25, 0.3) is 11.2 Å². The number of ether oxygens (including phenoxy) is 1. The molecule has 1 unspecified atom stereocenters. The highest BCUT2D eigenvalue weighted by molar-refractivity contribution is 6.31. The topological polar surface area (TPSA) is 39.9 Å². The first-order valence-corrected chi connectivity index (χ1v) is 7.23. The summed E-state index contributed by atoms with van der Waals surface area (Å²) in [7, 11) is 0. The zero-order valence-corrected chi connectivity index (χ0v) is 12.2. The molecule has 1 aliphatic heterocycles. The highest BCUT2D eigenvalue weighted by Crippen LogP contribution is 2.29. The lowest BCUT2D eigenvalue weighted by molar-refractivity contribution is 0.00650. The Morgan fingerprint density at radius 2 is 2.37 bits per heavy atom. The van der Waals surface area contributed by atoms with Crippen LogP contribution in [-0.4, -0.2) is 26.7 Å². The smallest absolute Gasteiger partial charge is 0.160 e. The molecule has 1 saturated heterocycles. The second kappa shape index (κ2) is 4.93. The number of halogens is 2. The summed E-state index contributed by atoms with van der Waals surface area (Å²) in [6, 6.07) is 1.81. The monoisotopic (exact) mass is 299 g/mol. The molecule has 0 amide bonds. The minimum atomic E-state index is -0.157. The Bertz CT molecular complexity index is 605. The summed E-state index contributed by atoms with van der Waals surface area (Å²) in [6.45, 7) is 3.67. The predicted octanol–water partition coefficient (Wildman–Crippen LogP) is 3.39. The van der Waals surface area contributed by atoms with Crippen molar-refractivity contribution in [1.82, 2.24) is 14.5 Å². The summed E-state index contributed by atoms with van der Waals surface area (Å²) >= 11 is 11.9. The average Bonchev–Trinajstić information content (AvgIpc) is 2.94. The standard InChI is InChI=1S/C13H15Cl2N3O/c1-13(3-2-4-19-13)8-18-11(6-14)17-10-5-9(15)7-16-12(10)18/h5,7H,2-4,6,8H2,1H3. The van der Waals surface area contributed by atoms with E-state index in [2.05, 4.69) is 16.9 Å². The van der Waals surface area contributed by atoms with Crippen molar-refractivity contribution in [3.63, 3.8) is 0 Å². The summed E-state index contributed by atoms with van der Waals surface area (Å²) in [6.07, 6.45) is 3.78. The van der Waals surface area contributed by atoms with Crippen molar-refractivity contribution in [3.8, 4) is 0 Å². The lowest BCUT2D eigenvalue weighted by Gasteiger charge is -2.24. The van der Waals surface area contributed by atoms with E-state index in [0.29, 0.717) is 10.9 Å². The molecule has 1 fully saturated rings. The Labute approximate surface area is 121 Å². The Kier molecular flexibility index (Phi) is 3.41.